The highest BCUT2D eigenvalue weighted by atomic mass is 16.5. The summed E-state index contributed by atoms with van der Waals surface area (Å²) in [5.41, 5.74) is 0. The standard InChI is InChI=1S/C49H91NO5/c1-4-7-10-13-16-19-22-23-24-27-28-31-34-37-40-45(55-49(54)42-39-36-33-30-26-21-18-15-12-9-6-3)43-48(53)50-46(44-51)47(52)41-38-35-32-29-25-20-17-14-11-8-5-2/h15,18,24,27-28,31,45-47,51-52H,4-14,16-17,19-23,25-26,29-30,32-44H2,1-3H3,(H,50,53)/b18-15-,27-24+,31-28+. The van der Waals surface area contributed by atoms with Crippen LogP contribution in [-0.2, 0) is 14.3 Å². The van der Waals surface area contributed by atoms with Crippen molar-refractivity contribution in [2.75, 3.05) is 6.61 Å². The number of aliphatic hydroxyl groups excluding tert-OH is 2. The van der Waals surface area contributed by atoms with Crippen molar-refractivity contribution in [3.05, 3.63) is 36.5 Å². The van der Waals surface area contributed by atoms with Crippen LogP contribution in [0.3, 0.4) is 0 Å². The summed E-state index contributed by atoms with van der Waals surface area (Å²) >= 11 is 0. The lowest BCUT2D eigenvalue weighted by atomic mass is 10.0. The quantitative estimate of drug-likeness (QED) is 0.0248. The molecule has 0 aliphatic rings. The molecule has 3 unspecified atom stereocenters. The van der Waals surface area contributed by atoms with Crippen molar-refractivity contribution in [1.29, 1.82) is 0 Å². The van der Waals surface area contributed by atoms with E-state index < -0.39 is 18.2 Å². The molecular formula is C49H91NO5. The Morgan fingerprint density at radius 1 is 0.527 bits per heavy atom. The predicted octanol–water partition coefficient (Wildman–Crippen LogP) is 13.7. The molecule has 3 N–H and O–H groups in total. The molecule has 0 bridgehead atoms. The Morgan fingerprint density at radius 3 is 1.49 bits per heavy atom. The Balaban J connectivity index is 4.68. The molecule has 0 saturated carbocycles. The topological polar surface area (TPSA) is 95.9 Å². The first-order valence-electron chi connectivity index (χ1n) is 23.7. The van der Waals surface area contributed by atoms with E-state index in [4.69, 9.17) is 4.74 Å². The van der Waals surface area contributed by atoms with Crippen LogP contribution in [0.1, 0.15) is 239 Å². The number of carbonyl (C=O) groups is 2. The molecule has 3 atom stereocenters. The molecule has 0 aliphatic carbocycles. The molecule has 0 radical (unpaired) electrons. The number of hydrogen-bond acceptors (Lipinski definition) is 5. The van der Waals surface area contributed by atoms with Gasteiger partial charge in [0.15, 0.2) is 0 Å². The Labute approximate surface area is 341 Å². The monoisotopic (exact) mass is 774 g/mol. The molecule has 0 saturated heterocycles. The Morgan fingerprint density at radius 2 is 0.964 bits per heavy atom. The van der Waals surface area contributed by atoms with E-state index >= 15 is 0 Å². The van der Waals surface area contributed by atoms with Crippen molar-refractivity contribution >= 4 is 11.9 Å². The van der Waals surface area contributed by atoms with Gasteiger partial charge < -0.3 is 20.3 Å². The summed E-state index contributed by atoms with van der Waals surface area (Å²) in [7, 11) is 0. The minimum Gasteiger partial charge on any atom is -0.462 e. The van der Waals surface area contributed by atoms with E-state index in [0.29, 0.717) is 19.3 Å². The maximum atomic E-state index is 13.1. The van der Waals surface area contributed by atoms with Gasteiger partial charge in [0.05, 0.1) is 25.2 Å². The third kappa shape index (κ3) is 38.7. The van der Waals surface area contributed by atoms with Crippen LogP contribution in [0.25, 0.3) is 0 Å². The van der Waals surface area contributed by atoms with Gasteiger partial charge in [-0.05, 0) is 64.2 Å². The van der Waals surface area contributed by atoms with Crippen molar-refractivity contribution in [1.82, 2.24) is 5.32 Å². The minimum atomic E-state index is -0.797. The highest BCUT2D eigenvalue weighted by Crippen LogP contribution is 2.16. The van der Waals surface area contributed by atoms with E-state index in [-0.39, 0.29) is 24.9 Å². The van der Waals surface area contributed by atoms with Gasteiger partial charge in [0.25, 0.3) is 0 Å². The highest BCUT2D eigenvalue weighted by molar-refractivity contribution is 5.77. The minimum absolute atomic E-state index is 0.0429. The molecule has 0 rings (SSSR count). The van der Waals surface area contributed by atoms with Gasteiger partial charge >= 0.3 is 5.97 Å². The lowest BCUT2D eigenvalue weighted by Crippen LogP contribution is -2.46. The van der Waals surface area contributed by atoms with Crippen molar-refractivity contribution in [3.63, 3.8) is 0 Å². The molecule has 322 valence electrons. The van der Waals surface area contributed by atoms with E-state index in [1.54, 1.807) is 0 Å². The van der Waals surface area contributed by atoms with Gasteiger partial charge in [-0.2, -0.15) is 0 Å². The molecule has 55 heavy (non-hydrogen) atoms. The lowest BCUT2D eigenvalue weighted by Gasteiger charge is -2.24. The lowest BCUT2D eigenvalue weighted by molar-refractivity contribution is -0.151. The molecule has 0 heterocycles. The zero-order valence-electron chi connectivity index (χ0n) is 36.6. The zero-order valence-corrected chi connectivity index (χ0v) is 36.6. The first-order valence-corrected chi connectivity index (χ1v) is 23.7. The number of ether oxygens (including phenoxy) is 1. The number of unbranched alkanes of at least 4 members (excludes halogenated alkanes) is 25. The first-order chi connectivity index (χ1) is 27.0. The zero-order chi connectivity index (χ0) is 40.3. The Hall–Kier alpha value is -1.92. The van der Waals surface area contributed by atoms with Gasteiger partial charge in [0.2, 0.25) is 5.91 Å². The van der Waals surface area contributed by atoms with E-state index in [2.05, 4.69) is 62.5 Å². The number of amides is 1. The van der Waals surface area contributed by atoms with Gasteiger partial charge in [0, 0.05) is 6.42 Å². The summed E-state index contributed by atoms with van der Waals surface area (Å²) in [5, 5.41) is 23.6. The second-order valence-corrected chi connectivity index (χ2v) is 16.2. The summed E-state index contributed by atoms with van der Waals surface area (Å²) in [6, 6.07) is -0.713. The maximum Gasteiger partial charge on any atom is 0.306 e. The second kappa shape index (κ2) is 43.2. The molecule has 6 heteroatoms. The summed E-state index contributed by atoms with van der Waals surface area (Å²) in [5.74, 6) is -0.529. The average Bonchev–Trinajstić information content (AvgIpc) is 3.18. The average molecular weight is 774 g/mol. The fraction of sp³-hybridized carbons (Fsp3) is 0.837. The van der Waals surface area contributed by atoms with Crippen molar-refractivity contribution in [2.45, 2.75) is 257 Å². The van der Waals surface area contributed by atoms with Gasteiger partial charge in [-0.3, -0.25) is 9.59 Å². The SMILES string of the molecule is CCCC/C=C\CCCCCCCC(=O)OC(CCC/C=C/C=C/CCCCCCCCC)CC(=O)NC(CO)C(O)CCCCCCCCCCCCC. The fourth-order valence-electron chi connectivity index (χ4n) is 7.05. The molecule has 0 aliphatic heterocycles. The van der Waals surface area contributed by atoms with Crippen LogP contribution < -0.4 is 5.32 Å². The van der Waals surface area contributed by atoms with Gasteiger partial charge in [-0.15, -0.1) is 0 Å². The van der Waals surface area contributed by atoms with Crippen LogP contribution in [0.15, 0.2) is 36.5 Å². The Bertz CT molecular complexity index is 915. The summed E-state index contributed by atoms with van der Waals surface area (Å²) in [6.45, 7) is 6.41. The van der Waals surface area contributed by atoms with Crippen molar-refractivity contribution < 1.29 is 24.5 Å². The van der Waals surface area contributed by atoms with E-state index in [0.717, 1.165) is 64.2 Å². The molecule has 0 aromatic carbocycles. The van der Waals surface area contributed by atoms with Gasteiger partial charge in [-0.1, -0.05) is 198 Å². The number of nitrogens with one attached hydrogen (secondary N) is 1. The maximum absolute atomic E-state index is 13.1. The van der Waals surface area contributed by atoms with Gasteiger partial charge in [-0.25, -0.2) is 0 Å². The molecule has 0 fully saturated rings. The predicted molar refractivity (Wildman–Crippen MR) is 236 cm³/mol. The number of rotatable bonds is 42. The number of esters is 1. The number of hydrogen-bond donors (Lipinski definition) is 3. The normalized spacial score (nSPS) is 13.6. The van der Waals surface area contributed by atoms with Crippen molar-refractivity contribution in [2.24, 2.45) is 0 Å². The molecular weight excluding hydrogens is 683 g/mol. The van der Waals surface area contributed by atoms with E-state index in [1.165, 1.54) is 128 Å². The Kier molecular flexibility index (Phi) is 41.7. The van der Waals surface area contributed by atoms with Crippen molar-refractivity contribution in [3.8, 4) is 0 Å². The fourth-order valence-corrected chi connectivity index (χ4v) is 7.05. The third-order valence-corrected chi connectivity index (χ3v) is 10.7. The molecule has 0 aromatic heterocycles. The first kappa shape index (κ1) is 53.1. The van der Waals surface area contributed by atoms with E-state index in [1.807, 2.05) is 0 Å². The summed E-state index contributed by atoms with van der Waals surface area (Å²) in [4.78, 5) is 26.0. The van der Waals surface area contributed by atoms with Crippen LogP contribution in [-0.4, -0.2) is 46.9 Å². The smallest absolute Gasteiger partial charge is 0.306 e. The van der Waals surface area contributed by atoms with Crippen LogP contribution in [0.2, 0.25) is 0 Å². The van der Waals surface area contributed by atoms with Crippen LogP contribution in [0.4, 0.5) is 0 Å². The number of allylic oxidation sites excluding steroid dienone is 6. The third-order valence-electron chi connectivity index (χ3n) is 10.7. The molecule has 0 aromatic rings. The summed E-state index contributed by atoms with van der Waals surface area (Å²) in [6.07, 6.45) is 49.2. The van der Waals surface area contributed by atoms with Crippen LogP contribution >= 0.6 is 0 Å². The second-order valence-electron chi connectivity index (χ2n) is 16.2. The number of carbonyl (C=O) groups excluding carboxylic acids is 2. The van der Waals surface area contributed by atoms with E-state index in [9.17, 15) is 19.8 Å². The molecule has 1 amide bonds. The number of aliphatic hydroxyl groups is 2. The van der Waals surface area contributed by atoms with Crippen LogP contribution in [0, 0.1) is 0 Å². The largest absolute Gasteiger partial charge is 0.462 e. The summed E-state index contributed by atoms with van der Waals surface area (Å²) < 4.78 is 5.87. The van der Waals surface area contributed by atoms with Crippen LogP contribution in [0.5, 0.6) is 0 Å². The molecule has 0 spiro atoms. The highest BCUT2D eigenvalue weighted by Gasteiger charge is 2.24. The van der Waals surface area contributed by atoms with Gasteiger partial charge in [0.1, 0.15) is 6.10 Å². The molecule has 6 nitrogen and oxygen atoms in total.